The fraction of sp³-hybridized carbons (Fsp3) is 0.0588. The molecule has 0 unspecified atom stereocenters. The predicted octanol–water partition coefficient (Wildman–Crippen LogP) is 3.79. The van der Waals surface area contributed by atoms with Crippen molar-refractivity contribution in [1.29, 1.82) is 0 Å². The fourth-order valence-electron chi connectivity index (χ4n) is 2.51. The Balaban J connectivity index is 1.76. The minimum absolute atomic E-state index is 0.0940. The first-order valence-electron chi connectivity index (χ1n) is 7.47. The summed E-state index contributed by atoms with van der Waals surface area (Å²) in [7, 11) is 0. The van der Waals surface area contributed by atoms with Crippen molar-refractivity contribution < 1.29 is 9.15 Å². The molecule has 2 aromatic heterocycles. The van der Waals surface area contributed by atoms with E-state index in [9.17, 15) is 4.79 Å². The van der Waals surface area contributed by atoms with Crippen molar-refractivity contribution in [3.8, 4) is 16.9 Å². The second-order valence-corrected chi connectivity index (χ2v) is 6.17. The van der Waals surface area contributed by atoms with Crippen molar-refractivity contribution in [2.24, 2.45) is 0 Å². The van der Waals surface area contributed by atoms with Crippen LogP contribution in [-0.2, 0) is 6.73 Å². The third-order valence-electron chi connectivity index (χ3n) is 3.72. The monoisotopic (exact) mass is 388 g/mol. The van der Waals surface area contributed by atoms with Gasteiger partial charge in [0.25, 0.3) is 0 Å². The molecule has 0 aliphatic rings. The Labute approximate surface area is 156 Å². The third kappa shape index (κ3) is 3.02. The quantitative estimate of drug-likeness (QED) is 0.528. The van der Waals surface area contributed by atoms with E-state index in [1.807, 2.05) is 0 Å². The SMILES string of the molecule is O=c1c(-c2ccccc2Cl)coc2cc(OCn3cnnn3)cc(Cl)c12. The average Bonchev–Trinajstić information content (AvgIpc) is 3.14. The van der Waals surface area contributed by atoms with Crippen molar-refractivity contribution in [3.05, 3.63) is 69.3 Å². The lowest BCUT2D eigenvalue weighted by Crippen LogP contribution is -2.08. The van der Waals surface area contributed by atoms with Gasteiger partial charge >= 0.3 is 0 Å². The van der Waals surface area contributed by atoms with E-state index >= 15 is 0 Å². The van der Waals surface area contributed by atoms with Gasteiger partial charge in [-0.2, -0.15) is 4.68 Å². The molecule has 0 spiro atoms. The highest BCUT2D eigenvalue weighted by atomic mass is 35.5. The number of aromatic nitrogens is 4. The van der Waals surface area contributed by atoms with Crippen LogP contribution in [0.2, 0.25) is 10.0 Å². The Bertz CT molecular complexity index is 1140. The number of halogens is 2. The number of hydrogen-bond acceptors (Lipinski definition) is 6. The molecule has 9 heteroatoms. The number of ether oxygens (including phenoxy) is 1. The van der Waals surface area contributed by atoms with Crippen LogP contribution in [0.1, 0.15) is 0 Å². The zero-order chi connectivity index (χ0) is 18.1. The lowest BCUT2D eigenvalue weighted by atomic mass is 10.1. The standard InChI is InChI=1S/C17H10Cl2N4O3/c18-13-4-2-1-3-11(13)12-7-25-15-6-10(5-14(19)16(15)17(12)24)26-9-23-8-20-21-22-23/h1-8H,9H2. The molecule has 0 bridgehead atoms. The molecule has 0 saturated carbocycles. The molecular weight excluding hydrogens is 379 g/mol. The van der Waals surface area contributed by atoms with Gasteiger partial charge in [-0.25, -0.2) is 0 Å². The maximum absolute atomic E-state index is 12.9. The number of rotatable bonds is 4. The van der Waals surface area contributed by atoms with Gasteiger partial charge in [-0.15, -0.1) is 5.10 Å². The Kier molecular flexibility index (Phi) is 4.32. The third-order valence-corrected chi connectivity index (χ3v) is 4.35. The van der Waals surface area contributed by atoms with E-state index in [0.717, 1.165) is 0 Å². The largest absolute Gasteiger partial charge is 0.471 e. The summed E-state index contributed by atoms with van der Waals surface area (Å²) >= 11 is 12.5. The first-order chi connectivity index (χ1) is 12.6. The van der Waals surface area contributed by atoms with Crippen LogP contribution in [0.15, 0.2) is 58.2 Å². The smallest absolute Gasteiger partial charge is 0.202 e. The number of fused-ring (bicyclic) bond motifs is 1. The normalized spacial score (nSPS) is 11.0. The molecule has 0 radical (unpaired) electrons. The fourth-order valence-corrected chi connectivity index (χ4v) is 3.03. The average molecular weight is 389 g/mol. The molecule has 26 heavy (non-hydrogen) atoms. The van der Waals surface area contributed by atoms with Crippen molar-refractivity contribution >= 4 is 34.2 Å². The zero-order valence-corrected chi connectivity index (χ0v) is 14.6. The molecule has 2 heterocycles. The number of tetrazole rings is 1. The van der Waals surface area contributed by atoms with E-state index in [1.165, 1.54) is 17.3 Å². The summed E-state index contributed by atoms with van der Waals surface area (Å²) in [4.78, 5) is 12.9. The molecular formula is C17H10Cl2N4O3. The molecule has 0 aliphatic heterocycles. The van der Waals surface area contributed by atoms with Crippen LogP contribution >= 0.6 is 23.2 Å². The maximum atomic E-state index is 12.9. The molecule has 2 aromatic carbocycles. The number of hydrogen-bond donors (Lipinski definition) is 0. The van der Waals surface area contributed by atoms with Crippen LogP contribution in [0.25, 0.3) is 22.1 Å². The van der Waals surface area contributed by atoms with E-state index < -0.39 is 0 Å². The van der Waals surface area contributed by atoms with E-state index in [2.05, 4.69) is 15.5 Å². The molecule has 0 saturated heterocycles. The first kappa shape index (κ1) is 16.6. The second-order valence-electron chi connectivity index (χ2n) is 5.36. The van der Waals surface area contributed by atoms with E-state index in [0.29, 0.717) is 27.5 Å². The highest BCUT2D eigenvalue weighted by Gasteiger charge is 2.15. The Morgan fingerprint density at radius 3 is 2.73 bits per heavy atom. The summed E-state index contributed by atoms with van der Waals surface area (Å²) in [6, 6.07) is 10.2. The number of nitrogens with zero attached hydrogens (tertiary/aromatic N) is 4. The second kappa shape index (κ2) is 6.78. The van der Waals surface area contributed by atoms with E-state index in [-0.39, 0.29) is 22.6 Å². The number of benzene rings is 2. The zero-order valence-electron chi connectivity index (χ0n) is 13.1. The lowest BCUT2D eigenvalue weighted by molar-refractivity contribution is 0.218. The molecule has 4 rings (SSSR count). The molecule has 130 valence electrons. The molecule has 0 atom stereocenters. The highest BCUT2D eigenvalue weighted by molar-refractivity contribution is 6.35. The van der Waals surface area contributed by atoms with Crippen LogP contribution in [0.5, 0.6) is 5.75 Å². The first-order valence-corrected chi connectivity index (χ1v) is 8.22. The Morgan fingerprint density at radius 1 is 1.12 bits per heavy atom. The van der Waals surface area contributed by atoms with Gasteiger partial charge in [0.15, 0.2) is 6.73 Å². The summed E-state index contributed by atoms with van der Waals surface area (Å²) < 4.78 is 12.6. The van der Waals surface area contributed by atoms with Gasteiger partial charge in [0, 0.05) is 16.7 Å². The van der Waals surface area contributed by atoms with Crippen molar-refractivity contribution in [1.82, 2.24) is 20.2 Å². The Morgan fingerprint density at radius 2 is 1.96 bits per heavy atom. The maximum Gasteiger partial charge on any atom is 0.202 e. The van der Waals surface area contributed by atoms with Crippen LogP contribution in [-0.4, -0.2) is 20.2 Å². The van der Waals surface area contributed by atoms with Gasteiger partial charge in [0.1, 0.15) is 23.9 Å². The van der Waals surface area contributed by atoms with Gasteiger partial charge in [0.05, 0.1) is 16.0 Å². The summed E-state index contributed by atoms with van der Waals surface area (Å²) in [5, 5.41) is 11.7. The van der Waals surface area contributed by atoms with Crippen LogP contribution in [0.3, 0.4) is 0 Å². The molecule has 7 nitrogen and oxygen atoms in total. The summed E-state index contributed by atoms with van der Waals surface area (Å²) in [6.07, 6.45) is 2.78. The van der Waals surface area contributed by atoms with Crippen molar-refractivity contribution in [2.45, 2.75) is 6.73 Å². The molecule has 4 aromatic rings. The van der Waals surface area contributed by atoms with E-state index in [1.54, 1.807) is 36.4 Å². The molecule has 0 amide bonds. The van der Waals surface area contributed by atoms with Gasteiger partial charge in [-0.05, 0) is 22.6 Å². The minimum Gasteiger partial charge on any atom is -0.471 e. The van der Waals surface area contributed by atoms with E-state index in [4.69, 9.17) is 32.4 Å². The predicted molar refractivity (Wildman–Crippen MR) is 96.4 cm³/mol. The summed E-state index contributed by atoms with van der Waals surface area (Å²) in [5.41, 5.74) is 0.966. The van der Waals surface area contributed by atoms with Gasteiger partial charge in [-0.3, -0.25) is 4.79 Å². The minimum atomic E-state index is -0.267. The highest BCUT2D eigenvalue weighted by Crippen LogP contribution is 2.31. The summed E-state index contributed by atoms with van der Waals surface area (Å²) in [5.74, 6) is 0.423. The van der Waals surface area contributed by atoms with Crippen molar-refractivity contribution in [3.63, 3.8) is 0 Å². The topological polar surface area (TPSA) is 83.0 Å². The summed E-state index contributed by atoms with van der Waals surface area (Å²) in [6.45, 7) is 0.0940. The van der Waals surface area contributed by atoms with Gasteiger partial charge in [-0.1, -0.05) is 41.4 Å². The molecule has 0 N–H and O–H groups in total. The molecule has 0 fully saturated rings. The Hall–Kier alpha value is -2.90. The van der Waals surface area contributed by atoms with Crippen LogP contribution in [0.4, 0.5) is 0 Å². The van der Waals surface area contributed by atoms with Gasteiger partial charge < -0.3 is 9.15 Å². The van der Waals surface area contributed by atoms with Gasteiger partial charge in [0.2, 0.25) is 5.43 Å². The lowest BCUT2D eigenvalue weighted by Gasteiger charge is -2.09. The van der Waals surface area contributed by atoms with Crippen LogP contribution < -0.4 is 10.2 Å². The van der Waals surface area contributed by atoms with Crippen molar-refractivity contribution in [2.75, 3.05) is 0 Å². The van der Waals surface area contributed by atoms with Crippen LogP contribution in [0, 0.1) is 0 Å². The molecule has 0 aliphatic carbocycles.